The summed E-state index contributed by atoms with van der Waals surface area (Å²) in [6.45, 7) is 3.88. The van der Waals surface area contributed by atoms with Gasteiger partial charge in [0.25, 0.3) is 0 Å². The van der Waals surface area contributed by atoms with E-state index in [1.54, 1.807) is 37.6 Å². The second-order valence-corrected chi connectivity index (χ2v) is 8.84. The van der Waals surface area contributed by atoms with Crippen LogP contribution in [0.2, 0.25) is 0 Å². The van der Waals surface area contributed by atoms with Crippen molar-refractivity contribution in [3.05, 3.63) is 40.4 Å². The summed E-state index contributed by atoms with van der Waals surface area (Å²) >= 11 is 2.78. The fraction of sp³-hybridized carbons (Fsp3) is 0.400. The number of benzene rings is 1. The maximum Gasteiger partial charge on any atom is 0.243 e. The van der Waals surface area contributed by atoms with Gasteiger partial charge in [0, 0.05) is 23.9 Å². The van der Waals surface area contributed by atoms with E-state index in [2.05, 4.69) is 11.4 Å². The van der Waals surface area contributed by atoms with Crippen molar-refractivity contribution in [3.63, 3.8) is 0 Å². The molecule has 146 valence electrons. The molecule has 8 heteroatoms. The lowest BCUT2D eigenvalue weighted by atomic mass is 9.72. The Balaban J connectivity index is 2.06. The molecule has 6 nitrogen and oxygen atoms in total. The minimum atomic E-state index is -0.936. The van der Waals surface area contributed by atoms with Crippen LogP contribution in [0.5, 0.6) is 0 Å². The first kappa shape index (κ1) is 21.9. The van der Waals surface area contributed by atoms with Gasteiger partial charge in [-0.25, -0.2) is 0 Å². The highest BCUT2D eigenvalue weighted by Gasteiger charge is 2.44. The van der Waals surface area contributed by atoms with Crippen LogP contribution in [0, 0.1) is 34.0 Å². The van der Waals surface area contributed by atoms with Crippen LogP contribution in [0.4, 0.5) is 0 Å². The summed E-state index contributed by atoms with van der Waals surface area (Å²) in [6.07, 6.45) is 2.01. The molecule has 0 radical (unpaired) electrons. The van der Waals surface area contributed by atoms with Crippen LogP contribution in [0.3, 0.4) is 0 Å². The largest absolute Gasteiger partial charge is 0.341 e. The van der Waals surface area contributed by atoms with E-state index in [9.17, 15) is 20.1 Å². The van der Waals surface area contributed by atoms with Gasteiger partial charge in [0.05, 0.1) is 28.5 Å². The molecule has 2 amide bonds. The number of amides is 2. The summed E-state index contributed by atoms with van der Waals surface area (Å²) in [4.78, 5) is 27.5. The van der Waals surface area contributed by atoms with Crippen LogP contribution in [0.15, 0.2) is 39.8 Å². The van der Waals surface area contributed by atoms with Crippen molar-refractivity contribution in [1.82, 2.24) is 10.2 Å². The summed E-state index contributed by atoms with van der Waals surface area (Å²) in [5.41, 5.74) is 0.452. The summed E-state index contributed by atoms with van der Waals surface area (Å²) in [5.74, 6) is -1.40. The molecule has 1 atom stereocenters. The lowest BCUT2D eigenvalue weighted by Gasteiger charge is -2.34. The first-order valence-electron chi connectivity index (χ1n) is 8.59. The van der Waals surface area contributed by atoms with Gasteiger partial charge < -0.3 is 10.2 Å². The number of allylic oxidation sites excluding steroid dienone is 1. The van der Waals surface area contributed by atoms with Crippen molar-refractivity contribution >= 4 is 35.3 Å². The highest BCUT2D eigenvalue weighted by atomic mass is 32.2. The summed E-state index contributed by atoms with van der Waals surface area (Å²) in [6, 6.07) is 12.1. The highest BCUT2D eigenvalue weighted by molar-refractivity contribution is 8.03. The zero-order valence-corrected chi connectivity index (χ0v) is 17.9. The van der Waals surface area contributed by atoms with E-state index >= 15 is 0 Å². The van der Waals surface area contributed by atoms with E-state index in [-0.39, 0.29) is 11.7 Å². The Labute approximate surface area is 174 Å². The van der Waals surface area contributed by atoms with Gasteiger partial charge in [-0.2, -0.15) is 10.5 Å². The maximum atomic E-state index is 12.5. The quantitative estimate of drug-likeness (QED) is 0.718. The number of thioether (sulfide) groups is 2. The van der Waals surface area contributed by atoms with Crippen LogP contribution in [-0.2, 0) is 16.1 Å². The Hall–Kier alpha value is -2.42. The van der Waals surface area contributed by atoms with Gasteiger partial charge in [-0.15, -0.1) is 11.8 Å². The number of nitrogens with one attached hydrogen (secondary N) is 1. The molecule has 2 rings (SSSR count). The van der Waals surface area contributed by atoms with E-state index in [0.29, 0.717) is 17.1 Å². The molecule has 1 aliphatic heterocycles. The lowest BCUT2D eigenvalue weighted by Crippen LogP contribution is -2.44. The molecule has 0 saturated carbocycles. The molecule has 0 fully saturated rings. The van der Waals surface area contributed by atoms with Crippen LogP contribution in [0.25, 0.3) is 0 Å². The number of nitrogens with zero attached hydrogens (tertiary/aromatic N) is 3. The molecule has 1 aromatic rings. The molecular weight excluding hydrogens is 392 g/mol. The van der Waals surface area contributed by atoms with E-state index < -0.39 is 17.2 Å². The molecule has 1 N–H and O–H groups in total. The van der Waals surface area contributed by atoms with Crippen molar-refractivity contribution in [1.29, 1.82) is 10.5 Å². The standard InChI is InChI=1S/C20H22N4O2S2/c1-20(2)15(9-21)18(26)23-19(16(20)10-22)28-12-17(25)24(3)11-13-5-7-14(27-4)8-6-13/h5-8,15H,11-12H2,1-4H3,(H,23,26)/t15-/m1/s1. The smallest absolute Gasteiger partial charge is 0.243 e. The van der Waals surface area contributed by atoms with E-state index in [4.69, 9.17) is 0 Å². The predicted molar refractivity (Wildman–Crippen MR) is 111 cm³/mol. The Kier molecular flexibility index (Phi) is 7.17. The molecular formula is C20H22N4O2S2. The normalized spacial score (nSPS) is 18.1. The van der Waals surface area contributed by atoms with E-state index in [0.717, 1.165) is 22.2 Å². The van der Waals surface area contributed by atoms with Gasteiger partial charge in [0.15, 0.2) is 0 Å². The third-order valence-corrected chi connectivity index (χ3v) is 6.41. The Morgan fingerprint density at radius 3 is 2.46 bits per heavy atom. The topological polar surface area (TPSA) is 97.0 Å². The van der Waals surface area contributed by atoms with Crippen molar-refractivity contribution in [3.8, 4) is 12.1 Å². The minimum absolute atomic E-state index is 0.0908. The Morgan fingerprint density at radius 1 is 1.29 bits per heavy atom. The Morgan fingerprint density at radius 2 is 1.93 bits per heavy atom. The van der Waals surface area contributed by atoms with Crippen molar-refractivity contribution in [2.24, 2.45) is 11.3 Å². The fourth-order valence-electron chi connectivity index (χ4n) is 2.87. The Bertz CT molecular complexity index is 879. The van der Waals surface area contributed by atoms with Crippen LogP contribution in [0.1, 0.15) is 19.4 Å². The average Bonchev–Trinajstić information content (AvgIpc) is 2.66. The monoisotopic (exact) mass is 414 g/mol. The molecule has 1 heterocycles. The number of rotatable bonds is 6. The van der Waals surface area contributed by atoms with Crippen LogP contribution in [-0.4, -0.2) is 35.8 Å². The summed E-state index contributed by atoms with van der Waals surface area (Å²) in [7, 11) is 1.72. The third-order valence-electron chi connectivity index (χ3n) is 4.68. The number of carbonyl (C=O) groups is 2. The third kappa shape index (κ3) is 4.70. The van der Waals surface area contributed by atoms with Gasteiger partial charge in [0.2, 0.25) is 11.8 Å². The first-order chi connectivity index (χ1) is 13.2. The number of nitriles is 2. The van der Waals surface area contributed by atoms with Gasteiger partial charge in [-0.3, -0.25) is 9.59 Å². The SMILES string of the molecule is CSc1ccc(CN(C)C(=O)CSC2=C(C#N)C(C)(C)[C@H](C#N)C(=O)N2)cc1. The zero-order valence-electron chi connectivity index (χ0n) is 16.3. The molecule has 0 saturated heterocycles. The second-order valence-electron chi connectivity index (χ2n) is 6.98. The fourth-order valence-corrected chi connectivity index (χ4v) is 4.39. The molecule has 0 aliphatic carbocycles. The maximum absolute atomic E-state index is 12.5. The molecule has 0 bridgehead atoms. The molecule has 1 aliphatic rings. The number of carbonyl (C=O) groups excluding carboxylic acids is 2. The van der Waals surface area contributed by atoms with Gasteiger partial charge in [-0.05, 0) is 24.0 Å². The molecule has 1 aromatic carbocycles. The summed E-state index contributed by atoms with van der Waals surface area (Å²) in [5, 5.41) is 21.8. The molecule has 0 aromatic heterocycles. The minimum Gasteiger partial charge on any atom is -0.341 e. The van der Waals surface area contributed by atoms with Gasteiger partial charge >= 0.3 is 0 Å². The molecule has 0 unspecified atom stereocenters. The van der Waals surface area contributed by atoms with Crippen molar-refractivity contribution in [2.45, 2.75) is 25.3 Å². The van der Waals surface area contributed by atoms with Gasteiger partial charge in [-0.1, -0.05) is 37.7 Å². The first-order valence-corrected chi connectivity index (χ1v) is 10.8. The zero-order chi connectivity index (χ0) is 20.9. The number of hydrogen-bond donors (Lipinski definition) is 1. The van der Waals surface area contributed by atoms with Crippen molar-refractivity contribution < 1.29 is 9.59 Å². The second kappa shape index (κ2) is 9.18. The van der Waals surface area contributed by atoms with Crippen LogP contribution < -0.4 is 5.32 Å². The highest BCUT2D eigenvalue weighted by Crippen LogP contribution is 2.41. The van der Waals surface area contributed by atoms with E-state index in [1.165, 1.54) is 0 Å². The number of hydrogen-bond acceptors (Lipinski definition) is 6. The summed E-state index contributed by atoms with van der Waals surface area (Å²) < 4.78 is 0. The molecule has 0 spiro atoms. The average molecular weight is 415 g/mol. The van der Waals surface area contributed by atoms with Crippen molar-refractivity contribution in [2.75, 3.05) is 19.1 Å². The lowest BCUT2D eigenvalue weighted by molar-refractivity contribution is -0.128. The van der Waals surface area contributed by atoms with E-state index in [1.807, 2.05) is 36.6 Å². The predicted octanol–water partition coefficient (Wildman–Crippen LogP) is 3.13. The molecule has 28 heavy (non-hydrogen) atoms. The van der Waals surface area contributed by atoms with Gasteiger partial charge in [0.1, 0.15) is 5.92 Å². The van der Waals surface area contributed by atoms with Crippen LogP contribution >= 0.6 is 23.5 Å².